The van der Waals surface area contributed by atoms with Crippen LogP contribution in [-0.4, -0.2) is 19.5 Å². The van der Waals surface area contributed by atoms with Crippen molar-refractivity contribution in [2.24, 2.45) is 0 Å². The van der Waals surface area contributed by atoms with Crippen LogP contribution < -0.4 is 5.73 Å². The largest absolute Gasteiger partial charge is 0.383 e. The molecule has 26 heavy (non-hydrogen) atoms. The Balaban J connectivity index is 2.05. The molecular formula is C20H16N6. The quantitative estimate of drug-likeness (QED) is 0.616. The molecule has 3 aromatic heterocycles. The van der Waals surface area contributed by atoms with Gasteiger partial charge in [-0.1, -0.05) is 19.1 Å². The lowest BCUT2D eigenvalue weighted by Crippen LogP contribution is -2.02. The van der Waals surface area contributed by atoms with Crippen LogP contribution in [0.1, 0.15) is 18.2 Å². The van der Waals surface area contributed by atoms with Gasteiger partial charge >= 0.3 is 0 Å². The number of hydrogen-bond donors (Lipinski definition) is 1. The number of nitriles is 1. The first-order valence-corrected chi connectivity index (χ1v) is 8.31. The molecule has 126 valence electrons. The Morgan fingerprint density at radius 1 is 1.08 bits per heavy atom. The molecule has 0 saturated carbocycles. The zero-order valence-electron chi connectivity index (χ0n) is 14.2. The number of pyridine rings is 2. The number of rotatable bonds is 3. The van der Waals surface area contributed by atoms with E-state index in [4.69, 9.17) is 10.7 Å². The third kappa shape index (κ3) is 2.56. The van der Waals surface area contributed by atoms with E-state index < -0.39 is 0 Å². The molecular weight excluding hydrogens is 324 g/mol. The molecule has 0 saturated heterocycles. The van der Waals surface area contributed by atoms with Crippen LogP contribution in [0.2, 0.25) is 0 Å². The van der Waals surface area contributed by atoms with Crippen molar-refractivity contribution in [3.63, 3.8) is 0 Å². The van der Waals surface area contributed by atoms with E-state index in [2.05, 4.69) is 35.1 Å². The topological polar surface area (TPSA) is 93.4 Å². The number of benzene rings is 1. The number of nitrogen functional groups attached to an aromatic ring is 1. The molecule has 6 heteroatoms. The first kappa shape index (κ1) is 15.8. The van der Waals surface area contributed by atoms with Crippen molar-refractivity contribution < 1.29 is 0 Å². The van der Waals surface area contributed by atoms with Crippen molar-refractivity contribution in [3.05, 3.63) is 66.0 Å². The monoisotopic (exact) mass is 340 g/mol. The SMILES string of the molecule is CCc1ccc(-n2c(-c3cccnc3N)nc3ccc(C#N)nc32)cc1. The van der Waals surface area contributed by atoms with Gasteiger partial charge < -0.3 is 5.73 Å². The fourth-order valence-corrected chi connectivity index (χ4v) is 2.93. The lowest BCUT2D eigenvalue weighted by Gasteiger charge is -2.10. The highest BCUT2D eigenvalue weighted by atomic mass is 15.1. The number of imidazole rings is 1. The maximum atomic E-state index is 9.22. The van der Waals surface area contributed by atoms with E-state index in [-0.39, 0.29) is 0 Å². The van der Waals surface area contributed by atoms with Gasteiger partial charge in [-0.25, -0.2) is 15.0 Å². The summed E-state index contributed by atoms with van der Waals surface area (Å²) in [5, 5.41) is 9.22. The zero-order valence-corrected chi connectivity index (χ0v) is 14.2. The second-order valence-electron chi connectivity index (χ2n) is 5.88. The van der Waals surface area contributed by atoms with Crippen LogP contribution in [0.15, 0.2) is 54.7 Å². The fourth-order valence-electron chi connectivity index (χ4n) is 2.93. The van der Waals surface area contributed by atoms with E-state index in [9.17, 15) is 5.26 Å². The number of aromatic nitrogens is 4. The molecule has 0 bridgehead atoms. The predicted octanol–water partition coefficient (Wildman–Crippen LogP) is 3.50. The molecule has 2 N–H and O–H groups in total. The number of nitrogens with two attached hydrogens (primary N) is 1. The van der Waals surface area contributed by atoms with Crippen molar-refractivity contribution in [2.75, 3.05) is 5.73 Å². The highest BCUT2D eigenvalue weighted by molar-refractivity contribution is 5.83. The summed E-state index contributed by atoms with van der Waals surface area (Å²) in [6.07, 6.45) is 2.61. The molecule has 4 rings (SSSR count). The van der Waals surface area contributed by atoms with Gasteiger partial charge in [-0.3, -0.25) is 4.57 Å². The molecule has 0 aliphatic carbocycles. The van der Waals surface area contributed by atoms with Gasteiger partial charge in [0, 0.05) is 11.9 Å². The molecule has 0 amide bonds. The number of aryl methyl sites for hydroxylation is 1. The normalized spacial score (nSPS) is 10.8. The smallest absolute Gasteiger partial charge is 0.166 e. The van der Waals surface area contributed by atoms with E-state index in [1.165, 1.54) is 5.56 Å². The standard InChI is InChI=1S/C20H16N6/c1-2-13-5-8-15(9-6-13)26-19(16-4-3-11-23-18(16)22)25-17-10-7-14(12-21)24-20(17)26/h3-11H,2H2,1H3,(H2,22,23). The van der Waals surface area contributed by atoms with Crippen molar-refractivity contribution in [2.45, 2.75) is 13.3 Å². The molecule has 6 nitrogen and oxygen atoms in total. The van der Waals surface area contributed by atoms with Gasteiger partial charge in [-0.2, -0.15) is 5.26 Å². The maximum Gasteiger partial charge on any atom is 0.166 e. The number of fused-ring (bicyclic) bond motifs is 1. The van der Waals surface area contributed by atoms with Crippen molar-refractivity contribution in [1.29, 1.82) is 5.26 Å². The van der Waals surface area contributed by atoms with E-state index in [1.807, 2.05) is 28.8 Å². The second kappa shape index (κ2) is 6.30. The van der Waals surface area contributed by atoms with Gasteiger partial charge in [0.15, 0.2) is 11.5 Å². The van der Waals surface area contributed by atoms with Crippen LogP contribution in [0.5, 0.6) is 0 Å². The van der Waals surface area contributed by atoms with Gasteiger partial charge in [0.1, 0.15) is 23.1 Å². The van der Waals surface area contributed by atoms with Gasteiger partial charge in [0.2, 0.25) is 0 Å². The summed E-state index contributed by atoms with van der Waals surface area (Å²) in [5.41, 5.74) is 10.6. The average molecular weight is 340 g/mol. The van der Waals surface area contributed by atoms with Crippen LogP contribution in [0.4, 0.5) is 5.82 Å². The molecule has 0 aliphatic rings. The van der Waals surface area contributed by atoms with Crippen LogP contribution in [0.3, 0.4) is 0 Å². The van der Waals surface area contributed by atoms with Crippen molar-refractivity contribution in [1.82, 2.24) is 19.5 Å². The maximum absolute atomic E-state index is 9.22. The van der Waals surface area contributed by atoms with Crippen molar-refractivity contribution >= 4 is 17.0 Å². The minimum absolute atomic E-state index is 0.342. The molecule has 1 aromatic carbocycles. The first-order chi connectivity index (χ1) is 12.7. The third-order valence-electron chi connectivity index (χ3n) is 4.30. The summed E-state index contributed by atoms with van der Waals surface area (Å²) in [6.45, 7) is 2.12. The number of anilines is 1. The Hall–Kier alpha value is -3.72. The molecule has 3 heterocycles. The highest BCUT2D eigenvalue weighted by Crippen LogP contribution is 2.30. The first-order valence-electron chi connectivity index (χ1n) is 8.31. The van der Waals surface area contributed by atoms with E-state index >= 15 is 0 Å². The Labute approximate surface area is 150 Å². The minimum atomic E-state index is 0.342. The number of nitrogens with zero attached hydrogens (tertiary/aromatic N) is 5. The predicted molar refractivity (Wildman–Crippen MR) is 101 cm³/mol. The van der Waals surface area contributed by atoms with Gasteiger partial charge in [0.05, 0.1) is 5.56 Å². The molecule has 0 spiro atoms. The Bertz CT molecular complexity index is 1140. The zero-order chi connectivity index (χ0) is 18.1. The van der Waals surface area contributed by atoms with Crippen LogP contribution >= 0.6 is 0 Å². The molecule has 0 atom stereocenters. The average Bonchev–Trinajstić information content (AvgIpc) is 3.06. The molecule has 0 unspecified atom stereocenters. The molecule has 4 aromatic rings. The summed E-state index contributed by atoms with van der Waals surface area (Å²) in [4.78, 5) is 13.3. The molecule has 0 radical (unpaired) electrons. The Kier molecular flexibility index (Phi) is 3.82. The van der Waals surface area contributed by atoms with Gasteiger partial charge in [-0.05, 0) is 48.4 Å². The lowest BCUT2D eigenvalue weighted by atomic mass is 10.1. The summed E-state index contributed by atoms with van der Waals surface area (Å²) in [6, 6.07) is 17.5. The molecule has 0 fully saturated rings. The lowest BCUT2D eigenvalue weighted by molar-refractivity contribution is 1.06. The summed E-state index contributed by atoms with van der Waals surface area (Å²) >= 11 is 0. The summed E-state index contributed by atoms with van der Waals surface area (Å²) in [7, 11) is 0. The Morgan fingerprint density at radius 3 is 2.58 bits per heavy atom. The summed E-state index contributed by atoms with van der Waals surface area (Å²) < 4.78 is 1.92. The van der Waals surface area contributed by atoms with E-state index in [1.54, 1.807) is 18.3 Å². The molecule has 0 aliphatic heterocycles. The highest BCUT2D eigenvalue weighted by Gasteiger charge is 2.18. The second-order valence-corrected chi connectivity index (χ2v) is 5.88. The van der Waals surface area contributed by atoms with Gasteiger partial charge in [-0.15, -0.1) is 0 Å². The summed E-state index contributed by atoms with van der Waals surface area (Å²) in [5.74, 6) is 1.05. The van der Waals surface area contributed by atoms with Crippen LogP contribution in [0.25, 0.3) is 28.2 Å². The minimum Gasteiger partial charge on any atom is -0.383 e. The van der Waals surface area contributed by atoms with Crippen LogP contribution in [0, 0.1) is 11.3 Å². The third-order valence-corrected chi connectivity index (χ3v) is 4.30. The van der Waals surface area contributed by atoms with Gasteiger partial charge in [0.25, 0.3) is 0 Å². The number of hydrogen-bond acceptors (Lipinski definition) is 5. The fraction of sp³-hybridized carbons (Fsp3) is 0.100. The van der Waals surface area contributed by atoms with E-state index in [0.29, 0.717) is 28.5 Å². The van der Waals surface area contributed by atoms with E-state index in [0.717, 1.165) is 17.7 Å². The Morgan fingerprint density at radius 2 is 1.88 bits per heavy atom. The van der Waals surface area contributed by atoms with Crippen LogP contribution in [-0.2, 0) is 6.42 Å². The van der Waals surface area contributed by atoms with Crippen molar-refractivity contribution in [3.8, 4) is 23.1 Å².